The summed E-state index contributed by atoms with van der Waals surface area (Å²) in [6.07, 6.45) is 2.60. The third-order valence-electron chi connectivity index (χ3n) is 5.23. The molecule has 7 nitrogen and oxygen atoms in total. The normalized spacial score (nSPS) is 17.2. The minimum Gasteiger partial charge on any atom is -0.383 e. The fourth-order valence-electron chi connectivity index (χ4n) is 3.63. The Hall–Kier alpha value is -2.51. The van der Waals surface area contributed by atoms with Crippen LogP contribution in [0.4, 0.5) is 0 Å². The summed E-state index contributed by atoms with van der Waals surface area (Å²) < 4.78 is 6.21. The number of rotatable bonds is 8. The van der Waals surface area contributed by atoms with Crippen LogP contribution in [0.15, 0.2) is 41.2 Å². The summed E-state index contributed by atoms with van der Waals surface area (Å²) in [5.74, 6) is 0.471. The van der Waals surface area contributed by atoms with Gasteiger partial charge in [-0.15, -0.1) is 0 Å². The summed E-state index contributed by atoms with van der Waals surface area (Å²) in [5, 5.41) is 6.98. The lowest BCUT2D eigenvalue weighted by Gasteiger charge is -2.30. The van der Waals surface area contributed by atoms with Crippen molar-refractivity contribution in [3.63, 3.8) is 0 Å². The molecular formula is C22H30N4O3. The van der Waals surface area contributed by atoms with Crippen LogP contribution in [0, 0.1) is 5.92 Å². The number of methoxy groups -OCH3 is 1. The lowest BCUT2D eigenvalue weighted by molar-refractivity contribution is 0.0942. The minimum absolute atomic E-state index is 0.219. The number of nitrogens with one attached hydrogen (secondary N) is 1. The molecule has 1 aromatic heterocycles. The Morgan fingerprint density at radius 3 is 2.69 bits per heavy atom. The van der Waals surface area contributed by atoms with Crippen LogP contribution in [-0.4, -0.2) is 47.4 Å². The maximum Gasteiger partial charge on any atom is 0.271 e. The number of hydrogen-bond acceptors (Lipinski definition) is 5. The molecule has 3 rings (SSSR count). The molecule has 0 radical (unpaired) electrons. The molecule has 1 N–H and O–H groups in total. The monoisotopic (exact) mass is 398 g/mol. The van der Waals surface area contributed by atoms with Crippen LogP contribution in [-0.2, 0) is 24.4 Å². The second-order valence-corrected chi connectivity index (χ2v) is 7.75. The zero-order valence-corrected chi connectivity index (χ0v) is 17.3. The van der Waals surface area contributed by atoms with Gasteiger partial charge < -0.3 is 10.1 Å². The standard InChI is InChI=1S/C22H30N4O3/c1-17-4-3-11-25(15-17)16-19-7-5-18(6-8-19)14-23-22(28)20-9-10-21(27)26(24-20)12-13-29-2/h5-10,17H,3-4,11-16H2,1-2H3,(H,23,28). The zero-order chi connectivity index (χ0) is 20.6. The Morgan fingerprint density at radius 2 is 1.97 bits per heavy atom. The number of ether oxygens (including phenoxy) is 1. The molecule has 0 aliphatic carbocycles. The molecule has 1 unspecified atom stereocenters. The van der Waals surface area contributed by atoms with Crippen molar-refractivity contribution in [3.8, 4) is 0 Å². The van der Waals surface area contributed by atoms with Crippen molar-refractivity contribution < 1.29 is 9.53 Å². The van der Waals surface area contributed by atoms with Crippen molar-refractivity contribution >= 4 is 5.91 Å². The average Bonchev–Trinajstić information content (AvgIpc) is 2.72. The summed E-state index contributed by atoms with van der Waals surface area (Å²) in [5.41, 5.74) is 2.29. The Kier molecular flexibility index (Phi) is 7.55. The summed E-state index contributed by atoms with van der Waals surface area (Å²) >= 11 is 0. The Balaban J connectivity index is 1.53. The van der Waals surface area contributed by atoms with E-state index in [2.05, 4.69) is 46.5 Å². The molecule has 2 heterocycles. The van der Waals surface area contributed by atoms with Crippen LogP contribution < -0.4 is 10.9 Å². The van der Waals surface area contributed by atoms with Gasteiger partial charge in [0, 0.05) is 32.8 Å². The third kappa shape index (κ3) is 6.24. The van der Waals surface area contributed by atoms with E-state index in [4.69, 9.17) is 4.74 Å². The first-order valence-electron chi connectivity index (χ1n) is 10.2. The maximum atomic E-state index is 12.4. The molecule has 2 aromatic rings. The fourth-order valence-corrected chi connectivity index (χ4v) is 3.63. The highest BCUT2D eigenvalue weighted by molar-refractivity contribution is 5.91. The lowest BCUT2D eigenvalue weighted by Crippen LogP contribution is -2.33. The minimum atomic E-state index is -0.303. The van der Waals surface area contributed by atoms with E-state index < -0.39 is 0 Å². The number of carbonyl (C=O) groups is 1. The van der Waals surface area contributed by atoms with Gasteiger partial charge in [0.05, 0.1) is 13.2 Å². The summed E-state index contributed by atoms with van der Waals surface area (Å²) in [6, 6.07) is 11.2. The molecule has 1 amide bonds. The molecule has 1 aliphatic heterocycles. The predicted octanol–water partition coefficient (Wildman–Crippen LogP) is 2.05. The first-order valence-corrected chi connectivity index (χ1v) is 10.2. The van der Waals surface area contributed by atoms with Crippen molar-refractivity contribution in [2.24, 2.45) is 5.92 Å². The summed E-state index contributed by atoms with van der Waals surface area (Å²) in [7, 11) is 1.56. The molecule has 7 heteroatoms. The van der Waals surface area contributed by atoms with Crippen LogP contribution in [0.5, 0.6) is 0 Å². The van der Waals surface area contributed by atoms with Crippen molar-refractivity contribution in [1.29, 1.82) is 0 Å². The number of carbonyl (C=O) groups excluding carboxylic acids is 1. The Labute approximate surface area is 171 Å². The molecule has 1 fully saturated rings. The Morgan fingerprint density at radius 1 is 1.21 bits per heavy atom. The molecular weight excluding hydrogens is 368 g/mol. The van der Waals surface area contributed by atoms with Gasteiger partial charge in [0.15, 0.2) is 0 Å². The van der Waals surface area contributed by atoms with Crippen LogP contribution in [0.2, 0.25) is 0 Å². The molecule has 156 valence electrons. The van der Waals surface area contributed by atoms with Crippen LogP contribution in [0.1, 0.15) is 41.4 Å². The van der Waals surface area contributed by atoms with Gasteiger partial charge in [0.1, 0.15) is 5.69 Å². The number of piperidine rings is 1. The first kappa shape index (κ1) is 21.2. The van der Waals surface area contributed by atoms with Crippen LogP contribution in [0.3, 0.4) is 0 Å². The summed E-state index contributed by atoms with van der Waals surface area (Å²) in [6.45, 7) is 6.71. The zero-order valence-electron chi connectivity index (χ0n) is 17.3. The number of amides is 1. The van der Waals surface area contributed by atoms with E-state index in [1.807, 2.05) is 0 Å². The van der Waals surface area contributed by atoms with Gasteiger partial charge in [-0.2, -0.15) is 5.10 Å². The third-order valence-corrected chi connectivity index (χ3v) is 5.23. The molecule has 0 bridgehead atoms. The second-order valence-electron chi connectivity index (χ2n) is 7.75. The van der Waals surface area contributed by atoms with Gasteiger partial charge in [-0.05, 0) is 42.5 Å². The van der Waals surface area contributed by atoms with E-state index >= 15 is 0 Å². The first-order chi connectivity index (χ1) is 14.0. The van der Waals surface area contributed by atoms with Gasteiger partial charge in [0.25, 0.3) is 11.5 Å². The van der Waals surface area contributed by atoms with E-state index in [-0.39, 0.29) is 17.2 Å². The topological polar surface area (TPSA) is 76.5 Å². The second kappa shape index (κ2) is 10.3. The van der Waals surface area contributed by atoms with E-state index in [9.17, 15) is 9.59 Å². The van der Waals surface area contributed by atoms with E-state index in [1.54, 1.807) is 7.11 Å². The predicted molar refractivity (Wildman–Crippen MR) is 112 cm³/mol. The van der Waals surface area contributed by atoms with Gasteiger partial charge >= 0.3 is 0 Å². The highest BCUT2D eigenvalue weighted by Gasteiger charge is 2.16. The van der Waals surface area contributed by atoms with Gasteiger partial charge in [0.2, 0.25) is 0 Å². The number of aromatic nitrogens is 2. The quantitative estimate of drug-likeness (QED) is 0.737. The maximum absolute atomic E-state index is 12.4. The van der Waals surface area contributed by atoms with Crippen molar-refractivity contribution in [2.45, 2.75) is 39.4 Å². The smallest absolute Gasteiger partial charge is 0.271 e. The largest absolute Gasteiger partial charge is 0.383 e. The SMILES string of the molecule is COCCn1nc(C(=O)NCc2ccc(CN3CCCC(C)C3)cc2)ccc1=O. The molecule has 0 spiro atoms. The van der Waals surface area contributed by atoms with Crippen molar-refractivity contribution in [3.05, 3.63) is 63.6 Å². The van der Waals surface area contributed by atoms with Gasteiger partial charge in [-0.3, -0.25) is 14.5 Å². The fraction of sp³-hybridized carbons (Fsp3) is 0.500. The Bertz CT molecular complexity index is 863. The summed E-state index contributed by atoms with van der Waals surface area (Å²) in [4.78, 5) is 26.7. The molecule has 1 saturated heterocycles. The molecule has 1 atom stereocenters. The van der Waals surface area contributed by atoms with Crippen LogP contribution in [0.25, 0.3) is 0 Å². The van der Waals surface area contributed by atoms with Gasteiger partial charge in [-0.1, -0.05) is 31.2 Å². The van der Waals surface area contributed by atoms with Crippen LogP contribution >= 0.6 is 0 Å². The van der Waals surface area contributed by atoms with Crippen molar-refractivity contribution in [1.82, 2.24) is 20.0 Å². The highest BCUT2D eigenvalue weighted by Crippen LogP contribution is 2.18. The molecule has 29 heavy (non-hydrogen) atoms. The molecule has 1 aromatic carbocycles. The van der Waals surface area contributed by atoms with E-state index in [1.165, 1.54) is 41.8 Å². The van der Waals surface area contributed by atoms with Gasteiger partial charge in [-0.25, -0.2) is 4.68 Å². The van der Waals surface area contributed by atoms with E-state index in [0.717, 1.165) is 24.6 Å². The number of nitrogens with zero attached hydrogens (tertiary/aromatic N) is 3. The van der Waals surface area contributed by atoms with E-state index in [0.29, 0.717) is 19.7 Å². The highest BCUT2D eigenvalue weighted by atomic mass is 16.5. The molecule has 0 saturated carbocycles. The average molecular weight is 399 g/mol. The lowest BCUT2D eigenvalue weighted by atomic mass is 9.99. The van der Waals surface area contributed by atoms with Crippen molar-refractivity contribution in [2.75, 3.05) is 26.8 Å². The number of benzene rings is 1. The number of hydrogen-bond donors (Lipinski definition) is 1. The molecule has 1 aliphatic rings. The number of likely N-dealkylation sites (tertiary alicyclic amines) is 1.